The summed E-state index contributed by atoms with van der Waals surface area (Å²) in [4.78, 5) is 2.86. The Labute approximate surface area is 260 Å². The van der Waals surface area contributed by atoms with Crippen LogP contribution in [0.3, 0.4) is 0 Å². The molecule has 0 N–H and O–H groups in total. The summed E-state index contributed by atoms with van der Waals surface area (Å²) in [6.45, 7) is 27.1. The molecule has 0 aromatic rings. The summed E-state index contributed by atoms with van der Waals surface area (Å²) in [5.41, 5.74) is -0.377. The third-order valence-electron chi connectivity index (χ3n) is 11.7. The topological polar surface area (TPSA) is 30.9 Å². The largest absolute Gasteiger partial charge is 0.411 e. The predicted octanol–water partition coefficient (Wildman–Crippen LogP) is 9.91. The Morgan fingerprint density at radius 3 is 1.61 bits per heavy atom. The van der Waals surface area contributed by atoms with Gasteiger partial charge in [-0.3, -0.25) is 0 Å². The third kappa shape index (κ3) is 9.60. The molecule has 3 fully saturated rings. The van der Waals surface area contributed by atoms with Gasteiger partial charge in [0, 0.05) is 6.04 Å². The van der Waals surface area contributed by atoms with Crippen LogP contribution in [0.4, 0.5) is 0 Å². The van der Waals surface area contributed by atoms with Gasteiger partial charge in [-0.15, -0.1) is 0 Å². The molecule has 8 heteroatoms. The van der Waals surface area contributed by atoms with Gasteiger partial charge in [-0.1, -0.05) is 71.0 Å². The van der Waals surface area contributed by atoms with Gasteiger partial charge in [0.1, 0.15) is 5.60 Å². The molecule has 0 spiro atoms. The Hall–Kier alpha value is 0.708. The van der Waals surface area contributed by atoms with Crippen LogP contribution < -0.4 is 0 Å². The normalized spacial score (nSPS) is 39.4. The summed E-state index contributed by atoms with van der Waals surface area (Å²) >= 11 is 0. The van der Waals surface area contributed by atoms with Gasteiger partial charge in [0.05, 0.1) is 20.3 Å². The van der Waals surface area contributed by atoms with Crippen molar-refractivity contribution in [1.82, 2.24) is 4.90 Å². The highest BCUT2D eigenvalue weighted by Gasteiger charge is 2.50. The molecule has 0 amide bonds. The Kier molecular flexibility index (Phi) is 12.7. The molecule has 0 aromatic carbocycles. The van der Waals surface area contributed by atoms with E-state index in [0.717, 1.165) is 24.7 Å². The Bertz CT molecular complexity index is 790. The lowest BCUT2D eigenvalue weighted by atomic mass is 9.89. The first kappa shape index (κ1) is 36.2. The van der Waals surface area contributed by atoms with E-state index in [-0.39, 0.29) is 17.8 Å². The van der Waals surface area contributed by atoms with E-state index in [1.54, 1.807) is 0 Å². The average Bonchev–Trinajstić information content (AvgIpc) is 3.29. The molecule has 4 nitrogen and oxygen atoms in total. The highest BCUT2D eigenvalue weighted by Crippen LogP contribution is 2.42. The summed E-state index contributed by atoms with van der Waals surface area (Å²) in [5.74, 6) is 1.76. The van der Waals surface area contributed by atoms with Crippen LogP contribution in [-0.2, 0) is 13.3 Å². The molecular weight excluding hydrogens is 571 g/mol. The second-order valence-corrected chi connectivity index (χ2v) is 34.4. The van der Waals surface area contributed by atoms with Crippen LogP contribution in [0.2, 0.25) is 75.5 Å². The maximum Gasteiger partial charge on any atom is 0.187 e. The van der Waals surface area contributed by atoms with Gasteiger partial charge in [-0.05, 0) is 116 Å². The molecular formula is C33H71NO3Si4. The van der Waals surface area contributed by atoms with E-state index < -0.39 is 33.0 Å². The van der Waals surface area contributed by atoms with Crippen molar-refractivity contribution in [2.45, 2.75) is 185 Å². The SMILES string of the molecule is CCC1O[Si](C)(C)CCC[Si]2(CN(C)[C@@H](C)C3CCCC3C)CCC[Si](C)(C)OC(CC)C1(C)O[Si](C)(C)CCC2. The van der Waals surface area contributed by atoms with E-state index in [9.17, 15) is 0 Å². The van der Waals surface area contributed by atoms with E-state index >= 15 is 0 Å². The predicted molar refractivity (Wildman–Crippen MR) is 189 cm³/mol. The fourth-order valence-electron chi connectivity index (χ4n) is 9.25. The summed E-state index contributed by atoms with van der Waals surface area (Å²) in [5, 5.41) is 0. The van der Waals surface area contributed by atoms with Gasteiger partial charge in [0.25, 0.3) is 0 Å². The molecule has 3 rings (SSSR count). The summed E-state index contributed by atoms with van der Waals surface area (Å²) in [6, 6.07) is 9.00. The van der Waals surface area contributed by atoms with E-state index in [1.807, 2.05) is 0 Å². The minimum absolute atomic E-state index is 0.108. The minimum Gasteiger partial charge on any atom is -0.411 e. The quantitative estimate of drug-likeness (QED) is 0.270. The smallest absolute Gasteiger partial charge is 0.187 e. The van der Waals surface area contributed by atoms with E-state index in [2.05, 4.69) is 85.8 Å². The van der Waals surface area contributed by atoms with Gasteiger partial charge in [-0.25, -0.2) is 0 Å². The fourth-order valence-corrected chi connectivity index (χ4v) is 22.9. The van der Waals surface area contributed by atoms with Crippen LogP contribution >= 0.6 is 0 Å². The van der Waals surface area contributed by atoms with Crippen molar-refractivity contribution in [2.75, 3.05) is 13.2 Å². The van der Waals surface area contributed by atoms with Gasteiger partial charge >= 0.3 is 0 Å². The van der Waals surface area contributed by atoms with E-state index in [1.165, 1.54) is 81.0 Å². The van der Waals surface area contributed by atoms with Crippen molar-refractivity contribution in [3.8, 4) is 0 Å². The van der Waals surface area contributed by atoms with Crippen LogP contribution in [0.5, 0.6) is 0 Å². The van der Waals surface area contributed by atoms with Crippen molar-refractivity contribution >= 4 is 33.0 Å². The molecule has 5 atom stereocenters. The zero-order valence-corrected chi connectivity index (χ0v) is 33.7. The van der Waals surface area contributed by atoms with Crippen molar-refractivity contribution in [2.24, 2.45) is 11.8 Å². The standard InChI is InChI=1S/C33H71NO3Si4/c1-13-31-33(5)32(14-2)36-39(9,10)22-17-25-41(24-16-21-38(7,8)35-31,26-18-23-40(11,12)37-33)27-34(6)29(4)30-20-15-19-28(30)3/h28-32H,13-27H2,1-12H3/t28?,29-,30?,31?,32?,33?,41?/m0/s1. The molecule has 2 aliphatic heterocycles. The lowest BCUT2D eigenvalue weighted by molar-refractivity contribution is -0.111. The van der Waals surface area contributed by atoms with Crippen molar-refractivity contribution in [3.05, 3.63) is 0 Å². The number of hydrogen-bond donors (Lipinski definition) is 0. The van der Waals surface area contributed by atoms with Crippen LogP contribution in [0.25, 0.3) is 0 Å². The highest BCUT2D eigenvalue weighted by atomic mass is 28.4. The molecule has 41 heavy (non-hydrogen) atoms. The second kappa shape index (κ2) is 14.4. The molecule has 2 bridgehead atoms. The van der Waals surface area contributed by atoms with Crippen molar-refractivity contribution in [1.29, 1.82) is 0 Å². The van der Waals surface area contributed by atoms with Crippen LogP contribution in [-0.4, -0.2) is 75.0 Å². The van der Waals surface area contributed by atoms with Gasteiger partial charge < -0.3 is 18.2 Å². The number of rotatable bonds is 6. The van der Waals surface area contributed by atoms with Crippen molar-refractivity contribution < 1.29 is 13.3 Å². The Morgan fingerprint density at radius 1 is 0.732 bits per heavy atom. The molecule has 2 saturated heterocycles. The molecule has 1 aliphatic carbocycles. The van der Waals surface area contributed by atoms with Gasteiger partial charge in [0.2, 0.25) is 0 Å². The van der Waals surface area contributed by atoms with E-state index in [0.29, 0.717) is 6.04 Å². The maximum atomic E-state index is 7.50. The lowest BCUT2D eigenvalue weighted by Crippen LogP contribution is -2.61. The minimum atomic E-state index is -1.94. The molecule has 1 saturated carbocycles. The molecule has 2 heterocycles. The molecule has 4 unspecified atom stereocenters. The summed E-state index contributed by atoms with van der Waals surface area (Å²) in [7, 11) is -4.73. The molecule has 242 valence electrons. The Balaban J connectivity index is 2.04. The first-order valence-electron chi connectivity index (χ1n) is 17.7. The molecule has 0 aromatic heterocycles. The van der Waals surface area contributed by atoms with Crippen LogP contribution in [0.1, 0.15) is 86.0 Å². The maximum absolute atomic E-state index is 7.50. The number of hydrogen-bond acceptors (Lipinski definition) is 4. The number of fused-ring (bicyclic) bond motifs is 6. The second-order valence-electron chi connectivity index (χ2n) is 16.9. The highest BCUT2D eigenvalue weighted by molar-refractivity contribution is 6.81. The zero-order chi connectivity index (χ0) is 30.7. The average molecular weight is 642 g/mol. The summed E-state index contributed by atoms with van der Waals surface area (Å²) in [6.07, 6.45) is 12.0. The fraction of sp³-hybridized carbons (Fsp3) is 1.00. The van der Waals surface area contributed by atoms with Gasteiger partial charge in [0.15, 0.2) is 25.0 Å². The first-order valence-corrected chi connectivity index (χ1v) is 29.9. The monoisotopic (exact) mass is 641 g/mol. The van der Waals surface area contributed by atoms with E-state index in [4.69, 9.17) is 13.3 Å². The number of nitrogens with zero attached hydrogens (tertiary/aromatic N) is 1. The van der Waals surface area contributed by atoms with Crippen LogP contribution in [0.15, 0.2) is 0 Å². The molecule has 3 aliphatic rings. The van der Waals surface area contributed by atoms with Crippen molar-refractivity contribution in [3.63, 3.8) is 0 Å². The lowest BCUT2D eigenvalue weighted by Gasteiger charge is -2.50. The van der Waals surface area contributed by atoms with Gasteiger partial charge in [-0.2, -0.15) is 0 Å². The van der Waals surface area contributed by atoms with Crippen LogP contribution in [0, 0.1) is 11.8 Å². The first-order chi connectivity index (χ1) is 19.0. The third-order valence-corrected chi connectivity index (χ3v) is 24.6. The molecule has 0 radical (unpaired) electrons. The summed E-state index contributed by atoms with van der Waals surface area (Å²) < 4.78 is 22.1. The Morgan fingerprint density at radius 2 is 1.20 bits per heavy atom. The zero-order valence-electron chi connectivity index (χ0n) is 29.7.